The SMILES string of the molecule is CCC(NC(=O)c1sccc1Br)c1cccc(Cl)c1. The first-order valence-corrected chi connectivity index (χ1v) is 7.96. The van der Waals surface area contributed by atoms with Crippen LogP contribution in [0.4, 0.5) is 0 Å². The van der Waals surface area contributed by atoms with Gasteiger partial charge in [0.25, 0.3) is 5.91 Å². The average Bonchev–Trinajstić information content (AvgIpc) is 2.82. The van der Waals surface area contributed by atoms with Gasteiger partial charge in [0.05, 0.1) is 6.04 Å². The zero-order chi connectivity index (χ0) is 13.8. The molecule has 100 valence electrons. The van der Waals surface area contributed by atoms with E-state index in [1.165, 1.54) is 11.3 Å². The molecule has 2 rings (SSSR count). The van der Waals surface area contributed by atoms with Crippen molar-refractivity contribution < 1.29 is 4.79 Å². The molecule has 1 atom stereocenters. The van der Waals surface area contributed by atoms with E-state index in [-0.39, 0.29) is 11.9 Å². The molecule has 0 aliphatic rings. The van der Waals surface area contributed by atoms with Gasteiger partial charge in [0.1, 0.15) is 4.88 Å². The maximum Gasteiger partial charge on any atom is 0.262 e. The molecular formula is C14H13BrClNOS. The zero-order valence-electron chi connectivity index (χ0n) is 10.3. The van der Waals surface area contributed by atoms with Crippen LogP contribution in [0.2, 0.25) is 5.02 Å². The highest BCUT2D eigenvalue weighted by atomic mass is 79.9. The van der Waals surface area contributed by atoms with Crippen LogP contribution in [-0.4, -0.2) is 5.91 Å². The van der Waals surface area contributed by atoms with E-state index in [9.17, 15) is 4.79 Å². The number of nitrogens with one attached hydrogen (secondary N) is 1. The van der Waals surface area contributed by atoms with Crippen LogP contribution in [0, 0.1) is 0 Å². The lowest BCUT2D eigenvalue weighted by Crippen LogP contribution is -2.27. The fraction of sp³-hybridized carbons (Fsp3) is 0.214. The molecule has 0 spiro atoms. The third-order valence-electron chi connectivity index (χ3n) is 2.79. The number of rotatable bonds is 4. The van der Waals surface area contributed by atoms with Crippen molar-refractivity contribution in [2.75, 3.05) is 0 Å². The quantitative estimate of drug-likeness (QED) is 0.814. The molecule has 1 aromatic heterocycles. The highest BCUT2D eigenvalue weighted by Crippen LogP contribution is 2.25. The normalized spacial score (nSPS) is 12.2. The van der Waals surface area contributed by atoms with Gasteiger partial charge in [-0.2, -0.15) is 0 Å². The van der Waals surface area contributed by atoms with Gasteiger partial charge in [0.15, 0.2) is 0 Å². The molecule has 0 radical (unpaired) electrons. The molecule has 19 heavy (non-hydrogen) atoms. The Bertz CT molecular complexity index is 584. The van der Waals surface area contributed by atoms with Crippen LogP contribution >= 0.6 is 38.9 Å². The van der Waals surface area contributed by atoms with Gasteiger partial charge < -0.3 is 5.32 Å². The Balaban J connectivity index is 2.16. The molecule has 2 nitrogen and oxygen atoms in total. The smallest absolute Gasteiger partial charge is 0.262 e. The number of thiophene rings is 1. The second-order valence-corrected chi connectivity index (χ2v) is 6.29. The molecule has 5 heteroatoms. The topological polar surface area (TPSA) is 29.1 Å². The highest BCUT2D eigenvalue weighted by molar-refractivity contribution is 9.10. The number of benzene rings is 1. The number of hydrogen-bond donors (Lipinski definition) is 1. The maximum atomic E-state index is 12.2. The van der Waals surface area contributed by atoms with Crippen LogP contribution in [0.3, 0.4) is 0 Å². The molecule has 0 saturated heterocycles. The predicted octanol–water partition coefficient (Wildman–Crippen LogP) is 5.05. The first kappa shape index (κ1) is 14.6. The summed E-state index contributed by atoms with van der Waals surface area (Å²) >= 11 is 10.8. The van der Waals surface area contributed by atoms with Gasteiger partial charge in [-0.25, -0.2) is 0 Å². The monoisotopic (exact) mass is 357 g/mol. The van der Waals surface area contributed by atoms with E-state index >= 15 is 0 Å². The van der Waals surface area contributed by atoms with Crippen molar-refractivity contribution in [2.24, 2.45) is 0 Å². The fourth-order valence-corrected chi connectivity index (χ4v) is 3.48. The standard InChI is InChI=1S/C14H13BrClNOS/c1-2-12(9-4-3-5-10(16)8-9)17-14(18)13-11(15)6-7-19-13/h3-8,12H,2H2,1H3,(H,17,18). The summed E-state index contributed by atoms with van der Waals surface area (Å²) in [4.78, 5) is 12.9. The molecule has 1 aromatic carbocycles. The molecule has 1 N–H and O–H groups in total. The summed E-state index contributed by atoms with van der Waals surface area (Å²) in [5.41, 5.74) is 1.02. The third kappa shape index (κ3) is 3.59. The molecular weight excluding hydrogens is 346 g/mol. The van der Waals surface area contributed by atoms with E-state index in [4.69, 9.17) is 11.6 Å². The van der Waals surface area contributed by atoms with Gasteiger partial charge in [0, 0.05) is 9.50 Å². The molecule has 1 heterocycles. The Morgan fingerprint density at radius 3 is 2.84 bits per heavy atom. The maximum absolute atomic E-state index is 12.2. The summed E-state index contributed by atoms with van der Waals surface area (Å²) < 4.78 is 0.830. The minimum Gasteiger partial charge on any atom is -0.345 e. The first-order valence-electron chi connectivity index (χ1n) is 5.91. The summed E-state index contributed by atoms with van der Waals surface area (Å²) in [7, 11) is 0. The second kappa shape index (κ2) is 6.55. The van der Waals surface area contributed by atoms with Crippen LogP contribution in [0.25, 0.3) is 0 Å². The summed E-state index contributed by atoms with van der Waals surface area (Å²) in [6.07, 6.45) is 0.815. The summed E-state index contributed by atoms with van der Waals surface area (Å²) in [5, 5.41) is 5.61. The van der Waals surface area contributed by atoms with E-state index < -0.39 is 0 Å². The number of halogens is 2. The lowest BCUT2D eigenvalue weighted by atomic mass is 10.0. The zero-order valence-corrected chi connectivity index (χ0v) is 13.5. The van der Waals surface area contributed by atoms with Gasteiger partial charge in [-0.15, -0.1) is 11.3 Å². The van der Waals surface area contributed by atoms with Crippen LogP contribution in [0.15, 0.2) is 40.2 Å². The van der Waals surface area contributed by atoms with Crippen molar-refractivity contribution in [3.63, 3.8) is 0 Å². The van der Waals surface area contributed by atoms with E-state index in [0.29, 0.717) is 9.90 Å². The second-order valence-electron chi connectivity index (χ2n) is 4.09. The van der Waals surface area contributed by atoms with Crippen LogP contribution in [0.1, 0.15) is 34.6 Å². The first-order chi connectivity index (χ1) is 9.11. The third-order valence-corrected chi connectivity index (χ3v) is 4.86. The molecule has 0 aliphatic heterocycles. The number of carbonyl (C=O) groups is 1. The Kier molecular flexibility index (Phi) is 5.02. The van der Waals surface area contributed by atoms with E-state index in [1.54, 1.807) is 0 Å². The van der Waals surface area contributed by atoms with Gasteiger partial charge in [-0.1, -0.05) is 30.7 Å². The molecule has 1 amide bonds. The Hall–Kier alpha value is -0.840. The number of carbonyl (C=O) groups excluding carboxylic acids is 1. The Morgan fingerprint density at radius 2 is 2.26 bits per heavy atom. The van der Waals surface area contributed by atoms with Crippen molar-refractivity contribution in [2.45, 2.75) is 19.4 Å². The van der Waals surface area contributed by atoms with Gasteiger partial charge >= 0.3 is 0 Å². The van der Waals surface area contributed by atoms with E-state index in [2.05, 4.69) is 21.2 Å². The molecule has 1 unspecified atom stereocenters. The van der Waals surface area contributed by atoms with E-state index in [1.807, 2.05) is 42.6 Å². The molecule has 0 bridgehead atoms. The van der Waals surface area contributed by atoms with Gasteiger partial charge in [-0.05, 0) is 51.5 Å². The predicted molar refractivity (Wildman–Crippen MR) is 84.0 cm³/mol. The molecule has 2 aromatic rings. The van der Waals surface area contributed by atoms with E-state index in [0.717, 1.165) is 16.5 Å². The van der Waals surface area contributed by atoms with Crippen LogP contribution in [0.5, 0.6) is 0 Å². The van der Waals surface area contributed by atoms with Crippen molar-refractivity contribution in [3.8, 4) is 0 Å². The highest BCUT2D eigenvalue weighted by Gasteiger charge is 2.17. The van der Waals surface area contributed by atoms with Crippen molar-refractivity contribution in [3.05, 3.63) is 55.6 Å². The summed E-state index contributed by atoms with van der Waals surface area (Å²) in [6, 6.07) is 9.44. The molecule has 0 saturated carbocycles. The van der Waals surface area contributed by atoms with Gasteiger partial charge in [0.2, 0.25) is 0 Å². The van der Waals surface area contributed by atoms with Crippen molar-refractivity contribution >= 4 is 44.8 Å². The minimum atomic E-state index is -0.0614. The Labute approximate surface area is 129 Å². The fourth-order valence-electron chi connectivity index (χ4n) is 1.82. The van der Waals surface area contributed by atoms with Gasteiger partial charge in [-0.3, -0.25) is 4.79 Å². The van der Waals surface area contributed by atoms with Crippen molar-refractivity contribution in [1.29, 1.82) is 0 Å². The minimum absolute atomic E-state index is 0.0276. The summed E-state index contributed by atoms with van der Waals surface area (Å²) in [6.45, 7) is 2.04. The van der Waals surface area contributed by atoms with Crippen molar-refractivity contribution in [1.82, 2.24) is 5.32 Å². The lowest BCUT2D eigenvalue weighted by Gasteiger charge is -2.17. The number of hydrogen-bond acceptors (Lipinski definition) is 2. The van der Waals surface area contributed by atoms with Crippen LogP contribution in [-0.2, 0) is 0 Å². The number of amides is 1. The Morgan fingerprint density at radius 1 is 1.47 bits per heavy atom. The lowest BCUT2D eigenvalue weighted by molar-refractivity contribution is 0.0939. The molecule has 0 fully saturated rings. The largest absolute Gasteiger partial charge is 0.345 e. The van der Waals surface area contributed by atoms with Crippen LogP contribution < -0.4 is 5.32 Å². The average molecular weight is 359 g/mol. The molecule has 0 aliphatic carbocycles. The summed E-state index contributed by atoms with van der Waals surface area (Å²) in [5.74, 6) is -0.0614.